The van der Waals surface area contributed by atoms with Crippen molar-refractivity contribution in [1.82, 2.24) is 0 Å². The fraction of sp³-hybridized carbons (Fsp3) is 0.300. The molecule has 0 amide bonds. The number of hydrogen-bond donors (Lipinski definition) is 0. The number of alkyl halides is 4. The number of Topliss-reactive ketones (excluding diaryl/α,β-unsaturated/α-hetero) is 1. The van der Waals surface area contributed by atoms with Gasteiger partial charge in [0.25, 0.3) is 0 Å². The minimum atomic E-state index is -4.38. The maximum Gasteiger partial charge on any atom is 0.446 e. The number of thioether (sulfide) groups is 1. The van der Waals surface area contributed by atoms with E-state index in [4.69, 9.17) is 11.6 Å². The summed E-state index contributed by atoms with van der Waals surface area (Å²) in [5.41, 5.74) is -4.06. The zero-order chi connectivity index (χ0) is 13.1. The van der Waals surface area contributed by atoms with E-state index < -0.39 is 5.51 Å². The lowest BCUT2D eigenvalue weighted by molar-refractivity contribution is -0.0328. The van der Waals surface area contributed by atoms with Crippen LogP contribution in [0.25, 0.3) is 0 Å². The van der Waals surface area contributed by atoms with E-state index in [1.54, 1.807) is 0 Å². The van der Waals surface area contributed by atoms with Gasteiger partial charge in [0.1, 0.15) is 0 Å². The SMILES string of the molecule is O=C(CCBr)c1ccc(SC(F)(F)F)c(Cl)c1. The van der Waals surface area contributed by atoms with E-state index in [2.05, 4.69) is 15.9 Å². The van der Waals surface area contributed by atoms with Crippen LogP contribution < -0.4 is 0 Å². The quantitative estimate of drug-likeness (QED) is 0.437. The largest absolute Gasteiger partial charge is 0.446 e. The van der Waals surface area contributed by atoms with Crippen LogP contribution in [0.5, 0.6) is 0 Å². The number of carbonyl (C=O) groups excluding carboxylic acids is 1. The second kappa shape index (κ2) is 6.11. The number of hydrogen-bond acceptors (Lipinski definition) is 2. The molecule has 0 spiro atoms. The molecule has 0 saturated carbocycles. The Morgan fingerprint density at radius 2 is 2.06 bits per heavy atom. The van der Waals surface area contributed by atoms with E-state index in [1.807, 2.05) is 0 Å². The van der Waals surface area contributed by atoms with Crippen LogP contribution in [0.15, 0.2) is 23.1 Å². The van der Waals surface area contributed by atoms with Crippen molar-refractivity contribution >= 4 is 45.1 Å². The van der Waals surface area contributed by atoms with E-state index >= 15 is 0 Å². The molecule has 0 aliphatic carbocycles. The van der Waals surface area contributed by atoms with Crippen molar-refractivity contribution in [2.24, 2.45) is 0 Å². The standard InChI is InChI=1S/C10H7BrClF3OS/c11-4-3-8(16)6-1-2-9(7(12)5-6)17-10(13,14)15/h1-2,5H,3-4H2. The highest BCUT2D eigenvalue weighted by Gasteiger charge is 2.30. The minimum absolute atomic E-state index is 0.0623. The van der Waals surface area contributed by atoms with Gasteiger partial charge in [0.2, 0.25) is 0 Å². The van der Waals surface area contributed by atoms with E-state index in [0.717, 1.165) is 0 Å². The smallest absolute Gasteiger partial charge is 0.294 e. The maximum atomic E-state index is 12.1. The van der Waals surface area contributed by atoms with Gasteiger partial charge in [0.15, 0.2) is 5.78 Å². The first-order valence-corrected chi connectivity index (χ1v) is 6.79. The molecule has 1 aromatic carbocycles. The van der Waals surface area contributed by atoms with Gasteiger partial charge in [0.05, 0.1) is 5.02 Å². The highest BCUT2D eigenvalue weighted by molar-refractivity contribution is 9.09. The highest BCUT2D eigenvalue weighted by atomic mass is 79.9. The Morgan fingerprint density at radius 1 is 1.41 bits per heavy atom. The fourth-order valence-corrected chi connectivity index (χ4v) is 2.31. The molecule has 1 nitrogen and oxygen atoms in total. The van der Waals surface area contributed by atoms with E-state index in [0.29, 0.717) is 10.9 Å². The summed E-state index contributed by atoms with van der Waals surface area (Å²) >= 11 is 8.52. The van der Waals surface area contributed by atoms with Crippen molar-refractivity contribution < 1.29 is 18.0 Å². The average Bonchev–Trinajstić information content (AvgIpc) is 2.19. The monoisotopic (exact) mass is 346 g/mol. The Bertz CT molecular complexity index is 423. The van der Waals surface area contributed by atoms with Crippen molar-refractivity contribution in [2.75, 3.05) is 5.33 Å². The zero-order valence-electron chi connectivity index (χ0n) is 8.35. The molecule has 17 heavy (non-hydrogen) atoms. The van der Waals surface area contributed by atoms with Crippen molar-refractivity contribution in [2.45, 2.75) is 16.8 Å². The molecule has 0 atom stereocenters. The third-order valence-corrected chi connectivity index (χ3v) is 3.43. The average molecular weight is 348 g/mol. The Hall–Kier alpha value is -0.200. The summed E-state index contributed by atoms with van der Waals surface area (Å²) in [4.78, 5) is 11.4. The summed E-state index contributed by atoms with van der Waals surface area (Å²) in [6, 6.07) is 3.83. The van der Waals surface area contributed by atoms with Gasteiger partial charge in [0, 0.05) is 22.2 Å². The maximum absolute atomic E-state index is 12.1. The molecular formula is C10H7BrClF3OS. The lowest BCUT2D eigenvalue weighted by Crippen LogP contribution is -2.02. The molecule has 1 aromatic rings. The van der Waals surface area contributed by atoms with Crippen LogP contribution in [0.1, 0.15) is 16.8 Å². The molecule has 0 radical (unpaired) electrons. The molecule has 7 heteroatoms. The molecule has 0 aliphatic heterocycles. The molecule has 0 heterocycles. The molecule has 0 unspecified atom stereocenters. The van der Waals surface area contributed by atoms with Gasteiger partial charge < -0.3 is 0 Å². The lowest BCUT2D eigenvalue weighted by atomic mass is 10.1. The number of rotatable bonds is 4. The topological polar surface area (TPSA) is 17.1 Å². The summed E-state index contributed by atoms with van der Waals surface area (Å²) < 4.78 is 36.4. The van der Waals surface area contributed by atoms with Gasteiger partial charge in [-0.1, -0.05) is 33.6 Å². The molecule has 1 rings (SSSR count). The summed E-state index contributed by atoms with van der Waals surface area (Å²) in [7, 11) is 0. The van der Waals surface area contributed by atoms with E-state index in [-0.39, 0.29) is 33.9 Å². The van der Waals surface area contributed by atoms with Crippen LogP contribution in [0.2, 0.25) is 5.02 Å². The first kappa shape index (κ1) is 14.9. The summed E-state index contributed by atoms with van der Waals surface area (Å²) in [5.74, 6) is -0.160. The van der Waals surface area contributed by atoms with Gasteiger partial charge in [-0.25, -0.2) is 0 Å². The molecule has 94 valence electrons. The van der Waals surface area contributed by atoms with Crippen LogP contribution in [0.3, 0.4) is 0 Å². The van der Waals surface area contributed by atoms with Crippen LogP contribution in [0.4, 0.5) is 13.2 Å². The third kappa shape index (κ3) is 4.89. The third-order valence-electron chi connectivity index (χ3n) is 1.80. The molecule has 0 N–H and O–H groups in total. The molecule has 0 fully saturated rings. The zero-order valence-corrected chi connectivity index (χ0v) is 11.5. The normalized spacial score (nSPS) is 11.6. The minimum Gasteiger partial charge on any atom is -0.294 e. The van der Waals surface area contributed by atoms with Crippen molar-refractivity contribution in [3.63, 3.8) is 0 Å². The lowest BCUT2D eigenvalue weighted by Gasteiger charge is -2.08. The molecular weight excluding hydrogens is 341 g/mol. The molecule has 0 aromatic heterocycles. The second-order valence-corrected chi connectivity index (χ2v) is 5.36. The first-order valence-electron chi connectivity index (χ1n) is 4.48. The number of halogens is 5. The van der Waals surface area contributed by atoms with E-state index in [9.17, 15) is 18.0 Å². The van der Waals surface area contributed by atoms with Crippen molar-refractivity contribution in [3.8, 4) is 0 Å². The second-order valence-electron chi connectivity index (χ2n) is 3.06. The Morgan fingerprint density at radius 3 is 2.53 bits per heavy atom. The van der Waals surface area contributed by atoms with Crippen LogP contribution in [0, 0.1) is 0 Å². The predicted octanol–water partition coefficient (Wildman–Crippen LogP) is 4.92. The van der Waals surface area contributed by atoms with Gasteiger partial charge >= 0.3 is 5.51 Å². The van der Waals surface area contributed by atoms with Gasteiger partial charge in [-0.15, -0.1) is 0 Å². The van der Waals surface area contributed by atoms with Gasteiger partial charge in [-0.05, 0) is 23.9 Å². The summed E-state index contributed by atoms with van der Waals surface area (Å²) in [6.07, 6.45) is 0.280. The Labute approximate surface area is 114 Å². The van der Waals surface area contributed by atoms with Crippen LogP contribution in [-0.4, -0.2) is 16.6 Å². The summed E-state index contributed by atoms with van der Waals surface area (Å²) in [5, 5.41) is 0.440. The Balaban J connectivity index is 2.90. The molecule has 0 saturated heterocycles. The fourth-order valence-electron chi connectivity index (χ4n) is 1.11. The van der Waals surface area contributed by atoms with Crippen LogP contribution >= 0.6 is 39.3 Å². The van der Waals surface area contributed by atoms with E-state index in [1.165, 1.54) is 18.2 Å². The highest BCUT2D eigenvalue weighted by Crippen LogP contribution is 2.40. The summed E-state index contributed by atoms with van der Waals surface area (Å²) in [6.45, 7) is 0. The predicted molar refractivity (Wildman–Crippen MR) is 66.1 cm³/mol. The Kier molecular flexibility index (Phi) is 5.34. The van der Waals surface area contributed by atoms with Crippen molar-refractivity contribution in [3.05, 3.63) is 28.8 Å². The van der Waals surface area contributed by atoms with Gasteiger partial charge in [-0.2, -0.15) is 13.2 Å². The van der Waals surface area contributed by atoms with Gasteiger partial charge in [-0.3, -0.25) is 4.79 Å². The number of carbonyl (C=O) groups is 1. The molecule has 0 bridgehead atoms. The van der Waals surface area contributed by atoms with Crippen LogP contribution in [-0.2, 0) is 0 Å². The number of ketones is 1. The molecule has 0 aliphatic rings. The van der Waals surface area contributed by atoms with Crippen molar-refractivity contribution in [1.29, 1.82) is 0 Å². The number of benzene rings is 1. The first-order chi connectivity index (χ1) is 7.83.